The number of amides is 1. The van der Waals surface area contributed by atoms with Crippen LogP contribution < -0.4 is 15.8 Å². The molecule has 1 aromatic heterocycles. The zero-order chi connectivity index (χ0) is 22.4. The summed E-state index contributed by atoms with van der Waals surface area (Å²) in [6.45, 7) is -0.537. The molecule has 0 aliphatic carbocycles. The highest BCUT2D eigenvalue weighted by atomic mass is 16.7. The number of ketones is 1. The molecule has 1 amide bonds. The smallest absolute Gasteiger partial charge is 0.311 e. The van der Waals surface area contributed by atoms with Crippen molar-refractivity contribution >= 4 is 23.1 Å². The first-order chi connectivity index (χ1) is 14.9. The van der Waals surface area contributed by atoms with Gasteiger partial charge in [-0.25, -0.2) is 0 Å². The molecule has 0 aliphatic rings. The number of nitrogens with one attached hydrogen (secondary N) is 1. The molecule has 1 heterocycles. The van der Waals surface area contributed by atoms with Crippen molar-refractivity contribution < 1.29 is 28.4 Å². The summed E-state index contributed by atoms with van der Waals surface area (Å²) in [6.07, 6.45) is 1.38. The van der Waals surface area contributed by atoms with Gasteiger partial charge in [-0.15, -0.1) is 0 Å². The van der Waals surface area contributed by atoms with Gasteiger partial charge in [0.25, 0.3) is 5.91 Å². The van der Waals surface area contributed by atoms with Gasteiger partial charge in [-0.3, -0.25) is 19.7 Å². The quantitative estimate of drug-likeness (QED) is 0.175. The molecule has 0 fully saturated rings. The molecule has 160 valence electrons. The maximum atomic E-state index is 12.6. The van der Waals surface area contributed by atoms with E-state index in [4.69, 9.17) is 19.6 Å². The second kappa shape index (κ2) is 9.55. The molecule has 0 bridgehead atoms. The fraction of sp³-hybridized carbons (Fsp3) is 0.143. The zero-order valence-corrected chi connectivity index (χ0v) is 16.5. The average molecular weight is 425 g/mol. The number of nitrogen functional groups attached to an aromatic ring is 1. The van der Waals surface area contributed by atoms with Crippen LogP contribution in [0.1, 0.15) is 20.9 Å². The number of benzene rings is 2. The van der Waals surface area contributed by atoms with Crippen molar-refractivity contribution in [3.8, 4) is 16.9 Å². The number of Topliss-reactive ketones (excluding diaryl/α,β-unsaturated/α-hetero) is 1. The van der Waals surface area contributed by atoms with E-state index in [1.54, 1.807) is 30.3 Å². The molecule has 0 saturated heterocycles. The van der Waals surface area contributed by atoms with Crippen molar-refractivity contribution in [3.63, 3.8) is 0 Å². The van der Waals surface area contributed by atoms with Gasteiger partial charge in [-0.1, -0.05) is 12.1 Å². The number of rotatable bonds is 9. The Bertz CT molecular complexity index is 1110. The number of nitro groups is 1. The highest BCUT2D eigenvalue weighted by molar-refractivity contribution is 6.04. The van der Waals surface area contributed by atoms with Crippen LogP contribution in [0.25, 0.3) is 11.1 Å². The summed E-state index contributed by atoms with van der Waals surface area (Å²) in [5, 5.41) is 13.7. The van der Waals surface area contributed by atoms with E-state index in [0.29, 0.717) is 11.3 Å². The third-order valence-corrected chi connectivity index (χ3v) is 4.30. The van der Waals surface area contributed by atoms with Crippen molar-refractivity contribution in [1.82, 2.24) is 5.32 Å². The molecule has 0 spiro atoms. The Morgan fingerprint density at radius 3 is 2.58 bits per heavy atom. The highest BCUT2D eigenvalue weighted by Crippen LogP contribution is 2.28. The van der Waals surface area contributed by atoms with Crippen LogP contribution in [0.3, 0.4) is 0 Å². The van der Waals surface area contributed by atoms with E-state index in [9.17, 15) is 19.7 Å². The molecule has 0 radical (unpaired) electrons. The molecule has 3 N–H and O–H groups in total. The van der Waals surface area contributed by atoms with Crippen molar-refractivity contribution in [2.45, 2.75) is 0 Å². The van der Waals surface area contributed by atoms with Crippen LogP contribution in [0.5, 0.6) is 5.75 Å². The number of nitrogens with zero attached hydrogens (tertiary/aromatic N) is 1. The predicted octanol–water partition coefficient (Wildman–Crippen LogP) is 3.03. The number of carbonyl (C=O) groups is 2. The fourth-order valence-corrected chi connectivity index (χ4v) is 2.80. The molecule has 10 heteroatoms. The maximum Gasteiger partial charge on any atom is 0.311 e. The van der Waals surface area contributed by atoms with Gasteiger partial charge >= 0.3 is 5.69 Å². The number of anilines is 1. The van der Waals surface area contributed by atoms with E-state index in [1.807, 2.05) is 0 Å². The summed E-state index contributed by atoms with van der Waals surface area (Å²) in [4.78, 5) is 35.6. The maximum absolute atomic E-state index is 12.6. The summed E-state index contributed by atoms with van der Waals surface area (Å²) in [5.41, 5.74) is 7.17. The molecule has 0 unspecified atom stereocenters. The molecule has 0 atom stereocenters. The van der Waals surface area contributed by atoms with Crippen LogP contribution in [-0.4, -0.2) is 37.1 Å². The zero-order valence-electron chi connectivity index (χ0n) is 16.5. The topological polar surface area (TPSA) is 147 Å². The Morgan fingerprint density at radius 2 is 1.90 bits per heavy atom. The van der Waals surface area contributed by atoms with Gasteiger partial charge in [0, 0.05) is 30.0 Å². The Kier molecular flexibility index (Phi) is 6.63. The van der Waals surface area contributed by atoms with Crippen LogP contribution in [-0.2, 0) is 4.74 Å². The van der Waals surface area contributed by atoms with Gasteiger partial charge < -0.3 is 24.9 Å². The lowest BCUT2D eigenvalue weighted by molar-refractivity contribution is -0.386. The molecule has 0 saturated carbocycles. The third-order valence-electron chi connectivity index (χ3n) is 4.30. The Hall–Kier alpha value is -4.18. The number of nitro benzene ring substituents is 1. The highest BCUT2D eigenvalue weighted by Gasteiger charge is 2.21. The van der Waals surface area contributed by atoms with Crippen LogP contribution >= 0.6 is 0 Å². The van der Waals surface area contributed by atoms with Crippen molar-refractivity contribution in [2.24, 2.45) is 0 Å². The molecular weight excluding hydrogens is 406 g/mol. The van der Waals surface area contributed by atoms with E-state index in [2.05, 4.69) is 5.32 Å². The minimum absolute atomic E-state index is 0.00229. The normalized spacial score (nSPS) is 10.5. The van der Waals surface area contributed by atoms with Gasteiger partial charge in [-0.2, -0.15) is 0 Å². The number of methoxy groups -OCH3 is 1. The molecule has 0 aliphatic heterocycles. The lowest BCUT2D eigenvalue weighted by Gasteiger charge is -2.08. The van der Waals surface area contributed by atoms with E-state index < -0.39 is 22.3 Å². The molecule has 2 aromatic carbocycles. The molecule has 3 rings (SSSR count). The second-order valence-corrected chi connectivity index (χ2v) is 6.38. The van der Waals surface area contributed by atoms with E-state index in [1.165, 1.54) is 25.5 Å². The van der Waals surface area contributed by atoms with E-state index in [-0.39, 0.29) is 30.4 Å². The summed E-state index contributed by atoms with van der Waals surface area (Å²) >= 11 is 0. The Balaban J connectivity index is 1.71. The van der Waals surface area contributed by atoms with E-state index >= 15 is 0 Å². The number of carbonyl (C=O) groups excluding carboxylic acids is 2. The van der Waals surface area contributed by atoms with Crippen molar-refractivity contribution in [3.05, 3.63) is 76.2 Å². The number of hydrogen-bond acceptors (Lipinski definition) is 8. The molecule has 31 heavy (non-hydrogen) atoms. The summed E-state index contributed by atoms with van der Waals surface area (Å²) in [5.74, 6) is -1.07. The minimum atomic E-state index is -0.672. The Labute approximate surface area is 176 Å². The standard InChI is InChI=1S/C21H19N3O7/c1-29-12-31-19-7-4-14(10-17(19)24(27)28)21(26)23-11-18(25)20-16(8-9-30-20)13-2-5-15(22)6-3-13/h2-10H,11-12,22H2,1H3,(H,23,26). The monoisotopic (exact) mass is 425 g/mol. The van der Waals surface area contributed by atoms with Crippen molar-refractivity contribution in [1.29, 1.82) is 0 Å². The van der Waals surface area contributed by atoms with Gasteiger partial charge in [0.1, 0.15) is 0 Å². The van der Waals surface area contributed by atoms with E-state index in [0.717, 1.165) is 11.6 Å². The predicted molar refractivity (Wildman–Crippen MR) is 111 cm³/mol. The summed E-state index contributed by atoms with van der Waals surface area (Å²) in [6, 6.07) is 12.3. The second-order valence-electron chi connectivity index (χ2n) is 6.38. The van der Waals surface area contributed by atoms with Gasteiger partial charge in [-0.05, 0) is 35.9 Å². The minimum Gasteiger partial charge on any atom is -0.460 e. The number of nitrogens with two attached hydrogens (primary N) is 1. The number of hydrogen-bond donors (Lipinski definition) is 2. The Morgan fingerprint density at radius 1 is 1.16 bits per heavy atom. The van der Waals surface area contributed by atoms with Crippen LogP contribution in [0.2, 0.25) is 0 Å². The van der Waals surface area contributed by atoms with Gasteiger partial charge in [0.2, 0.25) is 5.78 Å². The largest absolute Gasteiger partial charge is 0.460 e. The first-order valence-corrected chi connectivity index (χ1v) is 9.05. The lowest BCUT2D eigenvalue weighted by Crippen LogP contribution is -2.29. The van der Waals surface area contributed by atoms with Crippen LogP contribution in [0.15, 0.2) is 59.2 Å². The summed E-state index contributed by atoms with van der Waals surface area (Å²) < 4.78 is 15.2. The fourth-order valence-electron chi connectivity index (χ4n) is 2.80. The molecular formula is C21H19N3O7. The van der Waals surface area contributed by atoms with Crippen molar-refractivity contribution in [2.75, 3.05) is 26.2 Å². The van der Waals surface area contributed by atoms with Gasteiger partial charge in [0.05, 0.1) is 17.7 Å². The molecule has 3 aromatic rings. The molecule has 10 nitrogen and oxygen atoms in total. The van der Waals surface area contributed by atoms with Crippen LogP contribution in [0.4, 0.5) is 11.4 Å². The SMILES string of the molecule is COCOc1ccc(C(=O)NCC(=O)c2occc2-c2ccc(N)cc2)cc1[N+](=O)[O-]. The number of furan rings is 1. The van der Waals surface area contributed by atoms with Gasteiger partial charge in [0.15, 0.2) is 18.3 Å². The lowest BCUT2D eigenvalue weighted by atomic mass is 10.0. The average Bonchev–Trinajstić information content (AvgIpc) is 3.26. The first kappa shape index (κ1) is 21.5. The number of ether oxygens (including phenoxy) is 2. The first-order valence-electron chi connectivity index (χ1n) is 9.05. The van der Waals surface area contributed by atoms with Crippen LogP contribution in [0, 0.1) is 10.1 Å². The summed E-state index contributed by atoms with van der Waals surface area (Å²) in [7, 11) is 1.38. The third kappa shape index (κ3) is 5.06.